The zero-order valence-electron chi connectivity index (χ0n) is 21.2. The number of piperidine rings is 1. The van der Waals surface area contributed by atoms with E-state index in [1.165, 1.54) is 18.2 Å². The number of rotatable bonds is 4. The molecule has 0 aliphatic carbocycles. The standard InChI is InChI=1S/C30H23Cl2F2N5O/c31-18-7-9-20-22(13-18)28(26-24(33)5-4-6-25(26)34)35-15-17-16-36-30(38-27(17)20)37-19-8-10-21(23(32)14-19)29(40)39-11-2-1-3-12-39/h4-10,13-14,16H,1-3,11-12,15H2,(H,36,37,38). The maximum atomic E-state index is 14.8. The molecule has 1 saturated heterocycles. The molecule has 1 aromatic heterocycles. The summed E-state index contributed by atoms with van der Waals surface area (Å²) in [7, 11) is 0. The number of carbonyl (C=O) groups excluding carboxylic acids is 1. The van der Waals surface area contributed by atoms with Crippen molar-refractivity contribution in [1.29, 1.82) is 0 Å². The lowest BCUT2D eigenvalue weighted by molar-refractivity contribution is 0.0724. The highest BCUT2D eigenvalue weighted by Gasteiger charge is 2.25. The van der Waals surface area contributed by atoms with Gasteiger partial charge in [0.2, 0.25) is 5.95 Å². The summed E-state index contributed by atoms with van der Waals surface area (Å²) >= 11 is 12.8. The first-order chi connectivity index (χ1) is 19.4. The van der Waals surface area contributed by atoms with Gasteiger partial charge in [0.25, 0.3) is 5.91 Å². The second-order valence-corrected chi connectivity index (χ2v) is 10.5. The summed E-state index contributed by atoms with van der Waals surface area (Å²) < 4.78 is 29.6. The van der Waals surface area contributed by atoms with Gasteiger partial charge in [-0.05, 0) is 61.7 Å². The molecule has 0 unspecified atom stereocenters. The van der Waals surface area contributed by atoms with E-state index in [4.69, 9.17) is 28.2 Å². The van der Waals surface area contributed by atoms with Crippen LogP contribution in [0.5, 0.6) is 0 Å². The Hall–Kier alpha value is -3.88. The average Bonchev–Trinajstić information content (AvgIpc) is 3.10. The van der Waals surface area contributed by atoms with Crippen molar-refractivity contribution in [3.63, 3.8) is 0 Å². The Morgan fingerprint density at radius 2 is 1.70 bits per heavy atom. The number of fused-ring (bicyclic) bond motifs is 3. The Labute approximate surface area is 239 Å². The summed E-state index contributed by atoms with van der Waals surface area (Å²) in [5.41, 5.74) is 3.31. The molecule has 0 atom stereocenters. The number of carbonyl (C=O) groups is 1. The van der Waals surface area contributed by atoms with Crippen molar-refractivity contribution in [3.05, 3.63) is 105 Å². The SMILES string of the molecule is O=C(c1ccc(Nc2ncc3c(n2)-c2ccc(Cl)cc2C(c2c(F)cccc2F)=NC3)cc1Cl)N1CCCCC1. The predicted molar refractivity (Wildman–Crippen MR) is 153 cm³/mol. The third kappa shape index (κ3) is 5.05. The van der Waals surface area contributed by atoms with Crippen LogP contribution in [0.2, 0.25) is 10.0 Å². The van der Waals surface area contributed by atoms with Crippen LogP contribution in [0.25, 0.3) is 11.3 Å². The van der Waals surface area contributed by atoms with Gasteiger partial charge in [-0.25, -0.2) is 18.7 Å². The van der Waals surface area contributed by atoms with Crippen molar-refractivity contribution in [2.45, 2.75) is 25.8 Å². The molecule has 202 valence electrons. The fourth-order valence-electron chi connectivity index (χ4n) is 5.08. The molecule has 0 bridgehead atoms. The summed E-state index contributed by atoms with van der Waals surface area (Å²) in [6.45, 7) is 1.59. The van der Waals surface area contributed by atoms with E-state index in [9.17, 15) is 13.6 Å². The van der Waals surface area contributed by atoms with Crippen LogP contribution < -0.4 is 5.32 Å². The van der Waals surface area contributed by atoms with Gasteiger partial charge in [-0.1, -0.05) is 35.3 Å². The maximum absolute atomic E-state index is 14.8. The van der Waals surface area contributed by atoms with Crippen LogP contribution in [0.1, 0.15) is 46.3 Å². The molecular weight excluding hydrogens is 555 g/mol. The highest BCUT2D eigenvalue weighted by molar-refractivity contribution is 6.34. The maximum Gasteiger partial charge on any atom is 0.255 e. The predicted octanol–water partition coefficient (Wildman–Crippen LogP) is 7.45. The smallest absolute Gasteiger partial charge is 0.255 e. The lowest BCUT2D eigenvalue weighted by Gasteiger charge is -2.27. The van der Waals surface area contributed by atoms with Crippen LogP contribution in [-0.4, -0.2) is 39.6 Å². The number of hydrogen-bond donors (Lipinski definition) is 1. The first kappa shape index (κ1) is 26.3. The molecular formula is C30H23Cl2F2N5O. The summed E-state index contributed by atoms with van der Waals surface area (Å²) in [6.07, 6.45) is 4.75. The molecule has 0 saturated carbocycles. The van der Waals surface area contributed by atoms with Gasteiger partial charge in [-0.3, -0.25) is 9.79 Å². The Kier molecular flexibility index (Phi) is 7.21. The Bertz CT molecular complexity index is 1650. The van der Waals surface area contributed by atoms with Gasteiger partial charge in [-0.2, -0.15) is 0 Å². The van der Waals surface area contributed by atoms with Crippen molar-refractivity contribution >= 4 is 46.5 Å². The molecule has 40 heavy (non-hydrogen) atoms. The van der Waals surface area contributed by atoms with E-state index in [1.807, 2.05) is 4.90 Å². The minimum atomic E-state index is -0.719. The zero-order chi connectivity index (χ0) is 27.8. The van der Waals surface area contributed by atoms with Gasteiger partial charge in [0, 0.05) is 46.7 Å². The minimum Gasteiger partial charge on any atom is -0.339 e. The fraction of sp³-hybridized carbons (Fsp3) is 0.200. The quantitative estimate of drug-likeness (QED) is 0.273. The van der Waals surface area contributed by atoms with Crippen LogP contribution in [0.3, 0.4) is 0 Å². The Balaban J connectivity index is 1.33. The third-order valence-electron chi connectivity index (χ3n) is 7.06. The molecule has 6 rings (SSSR count). The number of anilines is 2. The molecule has 2 aliphatic heterocycles. The lowest BCUT2D eigenvalue weighted by Crippen LogP contribution is -2.35. The van der Waals surface area contributed by atoms with Crippen LogP contribution >= 0.6 is 23.2 Å². The van der Waals surface area contributed by atoms with Crippen LogP contribution in [0, 0.1) is 11.6 Å². The van der Waals surface area contributed by atoms with E-state index in [1.54, 1.807) is 42.6 Å². The van der Waals surface area contributed by atoms with Gasteiger partial charge in [0.05, 0.1) is 34.1 Å². The highest BCUT2D eigenvalue weighted by Crippen LogP contribution is 2.35. The first-order valence-electron chi connectivity index (χ1n) is 12.9. The van der Waals surface area contributed by atoms with E-state index < -0.39 is 11.6 Å². The molecule has 10 heteroatoms. The molecule has 1 amide bonds. The van der Waals surface area contributed by atoms with E-state index in [0.717, 1.165) is 32.4 Å². The van der Waals surface area contributed by atoms with Gasteiger partial charge >= 0.3 is 0 Å². The Morgan fingerprint density at radius 1 is 0.925 bits per heavy atom. The highest BCUT2D eigenvalue weighted by atomic mass is 35.5. The molecule has 4 aromatic rings. The molecule has 2 aliphatic rings. The molecule has 1 N–H and O–H groups in total. The van der Waals surface area contributed by atoms with Crippen LogP contribution in [-0.2, 0) is 6.54 Å². The monoisotopic (exact) mass is 577 g/mol. The summed E-state index contributed by atoms with van der Waals surface area (Å²) in [5.74, 6) is -1.23. The number of nitrogens with zero attached hydrogens (tertiary/aromatic N) is 4. The lowest BCUT2D eigenvalue weighted by atomic mass is 9.95. The van der Waals surface area contributed by atoms with Crippen LogP contribution in [0.4, 0.5) is 20.4 Å². The number of nitrogens with one attached hydrogen (secondary N) is 1. The first-order valence-corrected chi connectivity index (χ1v) is 13.7. The summed E-state index contributed by atoms with van der Waals surface area (Å²) in [4.78, 5) is 28.5. The summed E-state index contributed by atoms with van der Waals surface area (Å²) in [5, 5.41) is 3.88. The second kappa shape index (κ2) is 10.9. The number of hydrogen-bond acceptors (Lipinski definition) is 5. The van der Waals surface area contributed by atoms with Crippen molar-refractivity contribution in [3.8, 4) is 11.3 Å². The van der Waals surface area contributed by atoms with Crippen molar-refractivity contribution < 1.29 is 13.6 Å². The molecule has 6 nitrogen and oxygen atoms in total. The molecule has 0 radical (unpaired) electrons. The molecule has 0 spiro atoms. The van der Waals surface area contributed by atoms with E-state index in [0.29, 0.717) is 43.7 Å². The Morgan fingerprint density at radius 3 is 2.45 bits per heavy atom. The molecule has 3 heterocycles. The normalized spacial score (nSPS) is 14.6. The third-order valence-corrected chi connectivity index (χ3v) is 7.61. The second-order valence-electron chi connectivity index (χ2n) is 9.69. The summed E-state index contributed by atoms with van der Waals surface area (Å²) in [6, 6.07) is 13.9. The zero-order valence-corrected chi connectivity index (χ0v) is 22.7. The van der Waals surface area contributed by atoms with Crippen molar-refractivity contribution in [2.24, 2.45) is 4.99 Å². The van der Waals surface area contributed by atoms with Crippen LogP contribution in [0.15, 0.2) is 65.8 Å². The number of aliphatic imine (C=N–C) groups is 1. The van der Waals surface area contributed by atoms with E-state index in [-0.39, 0.29) is 29.7 Å². The van der Waals surface area contributed by atoms with E-state index in [2.05, 4.69) is 15.3 Å². The molecule has 3 aromatic carbocycles. The topological polar surface area (TPSA) is 70.5 Å². The van der Waals surface area contributed by atoms with E-state index >= 15 is 0 Å². The number of likely N-dealkylation sites (tertiary alicyclic amines) is 1. The number of aromatic nitrogens is 2. The van der Waals surface area contributed by atoms with Crippen molar-refractivity contribution in [1.82, 2.24) is 14.9 Å². The van der Waals surface area contributed by atoms with Gasteiger partial charge < -0.3 is 10.2 Å². The fourth-order valence-corrected chi connectivity index (χ4v) is 5.52. The van der Waals surface area contributed by atoms with Gasteiger partial charge in [-0.15, -0.1) is 0 Å². The minimum absolute atomic E-state index is 0.0742. The number of amides is 1. The van der Waals surface area contributed by atoms with Gasteiger partial charge in [0.15, 0.2) is 0 Å². The number of halogens is 4. The average molecular weight is 578 g/mol. The number of benzene rings is 3. The van der Waals surface area contributed by atoms with Crippen molar-refractivity contribution in [2.75, 3.05) is 18.4 Å². The molecule has 1 fully saturated rings. The van der Waals surface area contributed by atoms with Gasteiger partial charge in [0.1, 0.15) is 11.6 Å². The largest absolute Gasteiger partial charge is 0.339 e.